The van der Waals surface area contributed by atoms with Gasteiger partial charge in [-0.1, -0.05) is 24.3 Å². The summed E-state index contributed by atoms with van der Waals surface area (Å²) in [6, 6.07) is 6.00. The monoisotopic (exact) mass is 250 g/mol. The number of carbonyl (C=O) groups is 1. The van der Waals surface area contributed by atoms with Gasteiger partial charge in [0.05, 0.1) is 16.8 Å². The van der Waals surface area contributed by atoms with E-state index in [4.69, 9.17) is 4.74 Å². The van der Waals surface area contributed by atoms with Crippen molar-refractivity contribution < 1.29 is 9.53 Å². The van der Waals surface area contributed by atoms with Crippen molar-refractivity contribution in [3.63, 3.8) is 0 Å². The zero-order valence-electron chi connectivity index (χ0n) is 9.82. The molecule has 90 valence electrons. The molecule has 0 aliphatic heterocycles. The van der Waals surface area contributed by atoms with E-state index < -0.39 is 6.09 Å². The number of aromatic nitrogens is 1. The number of anilines is 1. The first-order chi connectivity index (χ1) is 8.19. The first kappa shape index (κ1) is 11.9. The maximum Gasteiger partial charge on any atom is 0.413 e. The van der Waals surface area contributed by atoms with Crippen LogP contribution in [0.15, 0.2) is 18.2 Å². The number of nitrogens with zero attached hydrogens (tertiary/aromatic N) is 1. The lowest BCUT2D eigenvalue weighted by Crippen LogP contribution is -2.13. The molecule has 1 N–H and O–H groups in total. The zero-order chi connectivity index (χ0) is 12.3. The summed E-state index contributed by atoms with van der Waals surface area (Å²) in [6.45, 7) is 4.41. The molecule has 0 saturated heterocycles. The van der Waals surface area contributed by atoms with Gasteiger partial charge in [0.15, 0.2) is 5.13 Å². The summed E-state index contributed by atoms with van der Waals surface area (Å²) in [6.07, 6.45) is 0.370. The summed E-state index contributed by atoms with van der Waals surface area (Å²) in [5.74, 6) is 0. The number of ether oxygens (including phenoxy) is 1. The van der Waals surface area contributed by atoms with E-state index in [9.17, 15) is 4.79 Å². The van der Waals surface area contributed by atoms with Crippen molar-refractivity contribution in [2.24, 2.45) is 0 Å². The molecule has 0 radical (unpaired) electrons. The van der Waals surface area contributed by atoms with Gasteiger partial charge in [0, 0.05) is 0 Å². The van der Waals surface area contributed by atoms with Gasteiger partial charge in [-0.15, -0.1) is 0 Å². The molecule has 4 nitrogen and oxygen atoms in total. The molecule has 0 aliphatic rings. The summed E-state index contributed by atoms with van der Waals surface area (Å²) >= 11 is 1.45. The highest BCUT2D eigenvalue weighted by atomic mass is 32.1. The maximum atomic E-state index is 11.3. The topological polar surface area (TPSA) is 51.2 Å². The summed E-state index contributed by atoms with van der Waals surface area (Å²) < 4.78 is 6.00. The predicted molar refractivity (Wildman–Crippen MR) is 69.6 cm³/mol. The van der Waals surface area contributed by atoms with Gasteiger partial charge < -0.3 is 4.74 Å². The Bertz CT molecular complexity index is 536. The first-order valence-corrected chi connectivity index (χ1v) is 6.31. The molecule has 1 aromatic carbocycles. The average molecular weight is 250 g/mol. The second-order valence-corrected chi connectivity index (χ2v) is 4.78. The smallest absolute Gasteiger partial charge is 0.413 e. The standard InChI is InChI=1S/C12H14N2O2S/c1-3-6-16-12(15)14-11-13-9-5-4-8(2)7-10(9)17-11/h4-5,7H,3,6H2,1-2H3,(H,13,14,15). The summed E-state index contributed by atoms with van der Waals surface area (Å²) in [5.41, 5.74) is 2.08. The second-order valence-electron chi connectivity index (χ2n) is 3.75. The molecule has 2 rings (SSSR count). The molecule has 0 aliphatic carbocycles. The highest BCUT2D eigenvalue weighted by molar-refractivity contribution is 7.22. The van der Waals surface area contributed by atoms with Gasteiger partial charge in [-0.25, -0.2) is 9.78 Å². The van der Waals surface area contributed by atoms with E-state index in [0.29, 0.717) is 11.7 Å². The van der Waals surface area contributed by atoms with Crippen molar-refractivity contribution in [2.75, 3.05) is 11.9 Å². The molecule has 5 heteroatoms. The van der Waals surface area contributed by atoms with Crippen LogP contribution in [0.5, 0.6) is 0 Å². The number of rotatable bonds is 3. The minimum Gasteiger partial charge on any atom is -0.449 e. The van der Waals surface area contributed by atoms with E-state index in [1.807, 2.05) is 26.0 Å². The molecule has 0 saturated carbocycles. The van der Waals surface area contributed by atoms with Gasteiger partial charge >= 0.3 is 6.09 Å². The number of benzene rings is 1. The third kappa shape index (κ3) is 2.94. The van der Waals surface area contributed by atoms with E-state index in [1.54, 1.807) is 0 Å². The number of nitrogens with one attached hydrogen (secondary N) is 1. The number of aryl methyl sites for hydroxylation is 1. The van der Waals surface area contributed by atoms with Crippen molar-refractivity contribution >= 4 is 32.8 Å². The Hall–Kier alpha value is -1.62. The lowest BCUT2D eigenvalue weighted by Gasteiger charge is -2.01. The lowest BCUT2D eigenvalue weighted by atomic mass is 10.2. The van der Waals surface area contributed by atoms with Gasteiger partial charge in [0.2, 0.25) is 0 Å². The zero-order valence-corrected chi connectivity index (χ0v) is 10.6. The lowest BCUT2D eigenvalue weighted by molar-refractivity contribution is 0.161. The Morgan fingerprint density at radius 3 is 3.12 bits per heavy atom. The van der Waals surface area contributed by atoms with Crippen LogP contribution in [0.3, 0.4) is 0 Å². The van der Waals surface area contributed by atoms with Gasteiger partial charge in [-0.05, 0) is 31.0 Å². The van der Waals surface area contributed by atoms with Crippen molar-refractivity contribution in [2.45, 2.75) is 20.3 Å². The van der Waals surface area contributed by atoms with Crippen molar-refractivity contribution in [3.05, 3.63) is 23.8 Å². The Morgan fingerprint density at radius 1 is 1.53 bits per heavy atom. The SMILES string of the molecule is CCCOC(=O)Nc1nc2ccc(C)cc2s1. The number of hydrogen-bond acceptors (Lipinski definition) is 4. The Labute approximate surface area is 104 Å². The van der Waals surface area contributed by atoms with E-state index in [1.165, 1.54) is 16.9 Å². The van der Waals surface area contributed by atoms with Crippen LogP contribution in [-0.2, 0) is 4.74 Å². The molecule has 0 atom stereocenters. The minimum absolute atomic E-state index is 0.426. The Balaban J connectivity index is 2.11. The van der Waals surface area contributed by atoms with Crippen LogP contribution in [-0.4, -0.2) is 17.7 Å². The fourth-order valence-corrected chi connectivity index (χ4v) is 2.35. The van der Waals surface area contributed by atoms with Gasteiger partial charge in [0.1, 0.15) is 0 Å². The Morgan fingerprint density at radius 2 is 2.35 bits per heavy atom. The van der Waals surface area contributed by atoms with Crippen LogP contribution in [0.25, 0.3) is 10.2 Å². The molecule has 1 aromatic heterocycles. The molecule has 0 bridgehead atoms. The normalized spacial score (nSPS) is 10.5. The summed E-state index contributed by atoms with van der Waals surface area (Å²) in [4.78, 5) is 15.7. The molecule has 0 unspecified atom stereocenters. The molecular weight excluding hydrogens is 236 g/mol. The number of fused-ring (bicyclic) bond motifs is 1. The van der Waals surface area contributed by atoms with Crippen molar-refractivity contribution in [1.29, 1.82) is 0 Å². The van der Waals surface area contributed by atoms with Crippen LogP contribution >= 0.6 is 11.3 Å². The number of amides is 1. The van der Waals surface area contributed by atoms with E-state index in [2.05, 4.69) is 16.4 Å². The van der Waals surface area contributed by atoms with E-state index >= 15 is 0 Å². The highest BCUT2D eigenvalue weighted by Gasteiger charge is 2.08. The summed E-state index contributed by atoms with van der Waals surface area (Å²) in [5, 5.41) is 3.21. The highest BCUT2D eigenvalue weighted by Crippen LogP contribution is 2.26. The molecule has 0 spiro atoms. The molecule has 1 amide bonds. The largest absolute Gasteiger partial charge is 0.449 e. The average Bonchev–Trinajstić information content (AvgIpc) is 2.67. The first-order valence-electron chi connectivity index (χ1n) is 5.50. The minimum atomic E-state index is -0.442. The number of hydrogen-bond donors (Lipinski definition) is 1. The Kier molecular flexibility index (Phi) is 3.58. The van der Waals surface area contributed by atoms with Crippen LogP contribution in [0.4, 0.5) is 9.93 Å². The van der Waals surface area contributed by atoms with Crippen LogP contribution < -0.4 is 5.32 Å². The maximum absolute atomic E-state index is 11.3. The van der Waals surface area contributed by atoms with E-state index in [-0.39, 0.29) is 0 Å². The number of thiazole rings is 1. The molecule has 17 heavy (non-hydrogen) atoms. The fraction of sp³-hybridized carbons (Fsp3) is 0.333. The van der Waals surface area contributed by atoms with Gasteiger partial charge in [0.25, 0.3) is 0 Å². The van der Waals surface area contributed by atoms with Gasteiger partial charge in [-0.2, -0.15) is 0 Å². The van der Waals surface area contributed by atoms with Gasteiger partial charge in [-0.3, -0.25) is 5.32 Å². The molecular formula is C12H14N2O2S. The van der Waals surface area contributed by atoms with Crippen LogP contribution in [0.1, 0.15) is 18.9 Å². The third-order valence-corrected chi connectivity index (χ3v) is 3.12. The summed E-state index contributed by atoms with van der Waals surface area (Å²) in [7, 11) is 0. The number of carbonyl (C=O) groups excluding carboxylic acids is 1. The van der Waals surface area contributed by atoms with Crippen LogP contribution in [0.2, 0.25) is 0 Å². The second kappa shape index (κ2) is 5.14. The van der Waals surface area contributed by atoms with Crippen molar-refractivity contribution in [1.82, 2.24) is 4.98 Å². The molecule has 1 heterocycles. The van der Waals surface area contributed by atoms with Crippen LogP contribution in [0, 0.1) is 6.92 Å². The molecule has 2 aromatic rings. The third-order valence-electron chi connectivity index (χ3n) is 2.19. The fourth-order valence-electron chi connectivity index (χ4n) is 1.40. The predicted octanol–water partition coefficient (Wildman–Crippen LogP) is 3.56. The van der Waals surface area contributed by atoms with Crippen molar-refractivity contribution in [3.8, 4) is 0 Å². The van der Waals surface area contributed by atoms with E-state index in [0.717, 1.165) is 16.6 Å². The molecule has 0 fully saturated rings. The quantitative estimate of drug-likeness (QED) is 0.906.